The number of amides is 2. The molecular weight excluding hydrogens is 612 g/mol. The standard InChI is InChI=1S/C30H28BrClN4O5/c1-18(19-4-9-22(40-2)10-5-19)33-28(37)27-26-17-34(29(38)20-6-13-24(31)25(32)16-20)14-15-35(26)30(39)36(27)21-7-11-23(41-3)12-8-21/h4-13,16,18H,14-15,17H2,1-3H3,(H,33,37)/t18-/m0/s1. The third kappa shape index (κ3) is 5.62. The largest absolute Gasteiger partial charge is 0.497 e. The normalized spacial score (nSPS) is 13.3. The van der Waals surface area contributed by atoms with Crippen LogP contribution in [0.4, 0.5) is 0 Å². The number of imidazole rings is 1. The van der Waals surface area contributed by atoms with Gasteiger partial charge in [-0.15, -0.1) is 0 Å². The maximum absolute atomic E-state index is 13.9. The van der Waals surface area contributed by atoms with Crippen molar-refractivity contribution in [2.75, 3.05) is 20.8 Å². The highest BCUT2D eigenvalue weighted by Gasteiger charge is 2.32. The van der Waals surface area contributed by atoms with Crippen LogP contribution in [0, 0.1) is 0 Å². The molecule has 0 spiro atoms. The van der Waals surface area contributed by atoms with Gasteiger partial charge in [-0.1, -0.05) is 23.7 Å². The van der Waals surface area contributed by atoms with Crippen LogP contribution >= 0.6 is 27.5 Å². The molecule has 1 aliphatic rings. The van der Waals surface area contributed by atoms with Crippen LogP contribution in [0.5, 0.6) is 11.5 Å². The van der Waals surface area contributed by atoms with Crippen molar-refractivity contribution in [3.8, 4) is 17.2 Å². The van der Waals surface area contributed by atoms with Crippen LogP contribution in [0.3, 0.4) is 0 Å². The monoisotopic (exact) mass is 638 g/mol. The van der Waals surface area contributed by atoms with Gasteiger partial charge in [0, 0.05) is 23.1 Å². The zero-order valence-corrected chi connectivity index (χ0v) is 25.0. The first-order valence-corrected chi connectivity index (χ1v) is 14.1. The van der Waals surface area contributed by atoms with Crippen LogP contribution in [0.15, 0.2) is 76.0 Å². The Morgan fingerprint density at radius 1 is 0.951 bits per heavy atom. The molecule has 41 heavy (non-hydrogen) atoms. The van der Waals surface area contributed by atoms with Gasteiger partial charge >= 0.3 is 5.69 Å². The number of halogens is 2. The van der Waals surface area contributed by atoms with Crippen LogP contribution in [0.1, 0.15) is 45.1 Å². The number of aromatic nitrogens is 2. The Hall–Kier alpha value is -4.02. The highest BCUT2D eigenvalue weighted by atomic mass is 79.9. The number of carbonyl (C=O) groups excluding carboxylic acids is 2. The van der Waals surface area contributed by atoms with E-state index >= 15 is 0 Å². The van der Waals surface area contributed by atoms with Crippen molar-refractivity contribution >= 4 is 39.3 Å². The van der Waals surface area contributed by atoms with Gasteiger partial charge in [0.05, 0.1) is 43.2 Å². The third-order valence-corrected chi connectivity index (χ3v) is 8.37. The van der Waals surface area contributed by atoms with Crippen LogP contribution in [0.2, 0.25) is 5.02 Å². The lowest BCUT2D eigenvalue weighted by atomic mass is 10.1. The second kappa shape index (κ2) is 11.8. The summed E-state index contributed by atoms with van der Waals surface area (Å²) in [5.74, 6) is 0.651. The molecule has 1 atom stereocenters. The zero-order valence-electron chi connectivity index (χ0n) is 22.7. The number of methoxy groups -OCH3 is 2. The fourth-order valence-corrected chi connectivity index (χ4v) is 5.32. The highest BCUT2D eigenvalue weighted by Crippen LogP contribution is 2.27. The molecule has 1 aliphatic heterocycles. The lowest BCUT2D eigenvalue weighted by molar-refractivity contribution is 0.0706. The molecule has 1 N–H and O–H groups in total. The Kier molecular flexibility index (Phi) is 8.23. The summed E-state index contributed by atoms with van der Waals surface area (Å²) in [4.78, 5) is 42.7. The second-order valence-electron chi connectivity index (χ2n) is 9.59. The van der Waals surface area contributed by atoms with Gasteiger partial charge in [0.1, 0.15) is 17.2 Å². The van der Waals surface area contributed by atoms with E-state index in [1.54, 1.807) is 66.2 Å². The zero-order chi connectivity index (χ0) is 29.3. The number of benzene rings is 3. The molecule has 4 aromatic rings. The Morgan fingerprint density at radius 3 is 2.20 bits per heavy atom. The van der Waals surface area contributed by atoms with Crippen LogP contribution in [-0.4, -0.2) is 46.6 Å². The van der Waals surface area contributed by atoms with Gasteiger partial charge in [0.15, 0.2) is 0 Å². The van der Waals surface area contributed by atoms with E-state index in [1.165, 1.54) is 4.57 Å². The first kappa shape index (κ1) is 28.5. The van der Waals surface area contributed by atoms with Gasteiger partial charge in [-0.2, -0.15) is 0 Å². The lowest BCUT2D eigenvalue weighted by Gasteiger charge is -2.28. The first-order chi connectivity index (χ1) is 19.7. The average molecular weight is 640 g/mol. The average Bonchev–Trinajstić information content (AvgIpc) is 3.29. The topological polar surface area (TPSA) is 94.8 Å². The molecule has 0 fully saturated rings. The highest BCUT2D eigenvalue weighted by molar-refractivity contribution is 9.10. The van der Waals surface area contributed by atoms with E-state index in [-0.39, 0.29) is 36.4 Å². The summed E-state index contributed by atoms with van der Waals surface area (Å²) in [6.45, 7) is 2.48. The molecule has 0 aliphatic carbocycles. The molecule has 0 unspecified atom stereocenters. The molecule has 2 heterocycles. The van der Waals surface area contributed by atoms with Crippen molar-refractivity contribution in [3.63, 3.8) is 0 Å². The molecule has 2 amide bonds. The molecule has 0 saturated heterocycles. The van der Waals surface area contributed by atoms with Gasteiger partial charge in [-0.25, -0.2) is 4.79 Å². The summed E-state index contributed by atoms with van der Waals surface area (Å²) in [6, 6.07) is 18.9. The van der Waals surface area contributed by atoms with E-state index in [0.29, 0.717) is 44.5 Å². The van der Waals surface area contributed by atoms with Crippen LogP contribution in [0.25, 0.3) is 5.69 Å². The number of ether oxygens (including phenoxy) is 2. The van der Waals surface area contributed by atoms with Gasteiger partial charge in [-0.3, -0.25) is 18.7 Å². The van der Waals surface area contributed by atoms with Gasteiger partial charge < -0.3 is 19.7 Å². The van der Waals surface area contributed by atoms with E-state index in [0.717, 1.165) is 5.56 Å². The van der Waals surface area contributed by atoms with Crippen molar-refractivity contribution in [1.82, 2.24) is 19.4 Å². The summed E-state index contributed by atoms with van der Waals surface area (Å²) in [5, 5.41) is 3.45. The molecule has 3 aromatic carbocycles. The van der Waals surface area contributed by atoms with E-state index in [2.05, 4.69) is 21.2 Å². The van der Waals surface area contributed by atoms with E-state index < -0.39 is 5.91 Å². The molecule has 1 aromatic heterocycles. The van der Waals surface area contributed by atoms with Crippen LogP contribution in [-0.2, 0) is 13.1 Å². The van der Waals surface area contributed by atoms with Crippen molar-refractivity contribution in [1.29, 1.82) is 0 Å². The minimum atomic E-state index is -0.434. The molecule has 5 rings (SSSR count). The molecular formula is C30H28BrClN4O5. The molecule has 0 saturated carbocycles. The van der Waals surface area contributed by atoms with Gasteiger partial charge in [0.25, 0.3) is 11.8 Å². The Bertz CT molecular complexity index is 1660. The van der Waals surface area contributed by atoms with Crippen molar-refractivity contribution in [3.05, 3.63) is 109 Å². The van der Waals surface area contributed by atoms with Crippen molar-refractivity contribution in [2.24, 2.45) is 0 Å². The third-order valence-electron chi connectivity index (χ3n) is 7.14. The summed E-state index contributed by atoms with van der Waals surface area (Å²) in [5.41, 5.74) is 2.07. The van der Waals surface area contributed by atoms with Gasteiger partial charge in [0.2, 0.25) is 0 Å². The van der Waals surface area contributed by atoms with Crippen molar-refractivity contribution < 1.29 is 19.1 Å². The fraction of sp³-hybridized carbons (Fsp3) is 0.233. The second-order valence-corrected chi connectivity index (χ2v) is 10.8. The summed E-state index contributed by atoms with van der Waals surface area (Å²) < 4.78 is 14.2. The number of carbonyl (C=O) groups is 2. The Labute approximate surface area is 250 Å². The van der Waals surface area contributed by atoms with E-state index in [9.17, 15) is 14.4 Å². The van der Waals surface area contributed by atoms with Crippen molar-refractivity contribution in [2.45, 2.75) is 26.1 Å². The number of hydrogen-bond acceptors (Lipinski definition) is 5. The number of rotatable bonds is 7. The molecule has 0 bridgehead atoms. The number of nitrogens with one attached hydrogen (secondary N) is 1. The number of hydrogen-bond donors (Lipinski definition) is 1. The van der Waals surface area contributed by atoms with E-state index in [4.69, 9.17) is 21.1 Å². The quantitative estimate of drug-likeness (QED) is 0.299. The van der Waals surface area contributed by atoms with Gasteiger partial charge in [-0.05, 0) is 83.0 Å². The maximum Gasteiger partial charge on any atom is 0.333 e. The predicted octanol–water partition coefficient (Wildman–Crippen LogP) is 5.22. The first-order valence-electron chi connectivity index (χ1n) is 12.9. The summed E-state index contributed by atoms with van der Waals surface area (Å²) in [6.07, 6.45) is 0. The van der Waals surface area contributed by atoms with E-state index in [1.807, 2.05) is 31.2 Å². The fourth-order valence-electron chi connectivity index (χ4n) is 4.89. The Balaban J connectivity index is 1.54. The SMILES string of the molecule is COc1ccc([C@H](C)NC(=O)c2c3n(c(=O)n2-c2ccc(OC)cc2)CCN(C(=O)c2ccc(Br)c(Cl)c2)C3)cc1. The number of fused-ring (bicyclic) bond motifs is 1. The molecule has 11 heteroatoms. The smallest absolute Gasteiger partial charge is 0.333 e. The minimum absolute atomic E-state index is 0.0740. The lowest BCUT2D eigenvalue weighted by Crippen LogP contribution is -2.41. The maximum atomic E-state index is 13.9. The molecule has 212 valence electrons. The number of nitrogens with zero attached hydrogens (tertiary/aromatic N) is 3. The molecule has 0 radical (unpaired) electrons. The summed E-state index contributed by atoms with van der Waals surface area (Å²) >= 11 is 9.59. The summed E-state index contributed by atoms with van der Waals surface area (Å²) in [7, 11) is 3.15. The minimum Gasteiger partial charge on any atom is -0.497 e. The molecule has 9 nitrogen and oxygen atoms in total. The Morgan fingerprint density at radius 2 is 1.59 bits per heavy atom. The predicted molar refractivity (Wildman–Crippen MR) is 159 cm³/mol. The van der Waals surface area contributed by atoms with Crippen LogP contribution < -0.4 is 20.5 Å².